The van der Waals surface area contributed by atoms with Gasteiger partial charge >= 0.3 is 0 Å². The Balaban J connectivity index is 1.90. The van der Waals surface area contributed by atoms with Crippen molar-refractivity contribution >= 4 is 56.2 Å². The SMILES string of the molecule is Cc1cc(-c2ccc(/C=C3\SC(=S)N(C)C3=O)o2)ccc1Br. The molecule has 3 nitrogen and oxygen atoms in total. The Bertz CT molecular complexity index is 810. The van der Waals surface area contributed by atoms with Crippen LogP contribution in [-0.2, 0) is 4.79 Å². The number of thiocarbonyl (C=S) groups is 1. The normalized spacial score (nSPS) is 16.9. The molecule has 2 heterocycles. The molecule has 3 rings (SSSR count). The third kappa shape index (κ3) is 2.91. The van der Waals surface area contributed by atoms with Crippen LogP contribution in [0.5, 0.6) is 0 Å². The second kappa shape index (κ2) is 6.02. The molecule has 2 aromatic rings. The Morgan fingerprint density at radius 2 is 2.09 bits per heavy atom. The second-order valence-electron chi connectivity index (χ2n) is 4.91. The summed E-state index contributed by atoms with van der Waals surface area (Å²) in [7, 11) is 1.68. The number of hydrogen-bond acceptors (Lipinski definition) is 4. The Hall–Kier alpha value is -1.37. The molecule has 1 saturated heterocycles. The summed E-state index contributed by atoms with van der Waals surface area (Å²) in [4.78, 5) is 14.0. The molecule has 0 aliphatic carbocycles. The molecule has 1 aliphatic heterocycles. The fourth-order valence-corrected chi connectivity index (χ4v) is 3.46. The van der Waals surface area contributed by atoms with Crippen LogP contribution in [0.4, 0.5) is 0 Å². The number of furan rings is 1. The van der Waals surface area contributed by atoms with E-state index < -0.39 is 0 Å². The minimum Gasteiger partial charge on any atom is -0.457 e. The maximum atomic E-state index is 12.0. The van der Waals surface area contributed by atoms with E-state index in [4.69, 9.17) is 16.6 Å². The molecule has 6 heteroatoms. The van der Waals surface area contributed by atoms with Gasteiger partial charge in [-0.2, -0.15) is 0 Å². The molecule has 1 fully saturated rings. The summed E-state index contributed by atoms with van der Waals surface area (Å²) in [5.41, 5.74) is 2.14. The van der Waals surface area contributed by atoms with E-state index in [1.54, 1.807) is 13.1 Å². The first-order valence-electron chi connectivity index (χ1n) is 6.53. The molecule has 1 amide bonds. The van der Waals surface area contributed by atoms with Crippen LogP contribution >= 0.6 is 39.9 Å². The van der Waals surface area contributed by atoms with Gasteiger partial charge in [-0.15, -0.1) is 0 Å². The van der Waals surface area contributed by atoms with Crippen molar-refractivity contribution in [2.24, 2.45) is 0 Å². The van der Waals surface area contributed by atoms with Crippen molar-refractivity contribution in [1.82, 2.24) is 4.90 Å². The van der Waals surface area contributed by atoms with Gasteiger partial charge < -0.3 is 4.42 Å². The lowest BCUT2D eigenvalue weighted by molar-refractivity contribution is -0.121. The zero-order valence-corrected chi connectivity index (χ0v) is 15.1. The summed E-state index contributed by atoms with van der Waals surface area (Å²) >= 11 is 9.89. The van der Waals surface area contributed by atoms with Crippen LogP contribution < -0.4 is 0 Å². The van der Waals surface area contributed by atoms with Crippen molar-refractivity contribution in [3.8, 4) is 11.3 Å². The number of hydrogen-bond donors (Lipinski definition) is 0. The molecule has 0 atom stereocenters. The number of benzene rings is 1. The minimum absolute atomic E-state index is 0.0903. The van der Waals surface area contributed by atoms with Crippen molar-refractivity contribution in [3.63, 3.8) is 0 Å². The van der Waals surface area contributed by atoms with E-state index in [1.807, 2.05) is 31.2 Å². The minimum atomic E-state index is -0.0903. The molecule has 1 aromatic heterocycles. The van der Waals surface area contributed by atoms with E-state index in [0.717, 1.165) is 21.4 Å². The lowest BCUT2D eigenvalue weighted by atomic mass is 10.1. The number of halogens is 1. The predicted octanol–water partition coefficient (Wildman–Crippen LogP) is 4.85. The third-order valence-corrected chi connectivity index (χ3v) is 5.70. The molecular weight excluding hydrogens is 382 g/mol. The third-order valence-electron chi connectivity index (χ3n) is 3.33. The van der Waals surface area contributed by atoms with E-state index in [0.29, 0.717) is 15.0 Å². The highest BCUT2D eigenvalue weighted by Crippen LogP contribution is 2.33. The van der Waals surface area contributed by atoms with Crippen LogP contribution in [0.25, 0.3) is 17.4 Å². The molecule has 1 aliphatic rings. The first-order chi connectivity index (χ1) is 10.5. The summed E-state index contributed by atoms with van der Waals surface area (Å²) in [5.74, 6) is 1.32. The number of nitrogens with zero attached hydrogens (tertiary/aromatic N) is 1. The number of likely N-dealkylation sites (N-methyl/N-ethyl adjacent to an activating group) is 1. The Labute approximate surface area is 146 Å². The van der Waals surface area contributed by atoms with E-state index in [9.17, 15) is 4.79 Å². The molecule has 0 bridgehead atoms. The first kappa shape index (κ1) is 15.5. The van der Waals surface area contributed by atoms with Crippen LogP contribution in [0.2, 0.25) is 0 Å². The van der Waals surface area contributed by atoms with Gasteiger partial charge in [0.25, 0.3) is 5.91 Å². The molecule has 0 N–H and O–H groups in total. The number of aryl methyl sites for hydroxylation is 1. The van der Waals surface area contributed by atoms with Gasteiger partial charge in [0.2, 0.25) is 0 Å². The number of carbonyl (C=O) groups is 1. The number of thioether (sulfide) groups is 1. The van der Waals surface area contributed by atoms with Crippen LogP contribution in [0.3, 0.4) is 0 Å². The van der Waals surface area contributed by atoms with Gasteiger partial charge in [-0.1, -0.05) is 46.0 Å². The van der Waals surface area contributed by atoms with Crippen molar-refractivity contribution in [2.45, 2.75) is 6.92 Å². The standard InChI is InChI=1S/C16H12BrNO2S2/c1-9-7-10(3-5-12(9)17)13-6-4-11(20-13)8-14-15(19)18(2)16(21)22-14/h3-8H,1-2H3/b14-8-. The Morgan fingerprint density at radius 1 is 1.32 bits per heavy atom. The van der Waals surface area contributed by atoms with Crippen LogP contribution in [0.1, 0.15) is 11.3 Å². The molecule has 0 spiro atoms. The summed E-state index contributed by atoms with van der Waals surface area (Å²) in [6.07, 6.45) is 1.73. The van der Waals surface area contributed by atoms with E-state index in [1.165, 1.54) is 16.7 Å². The fraction of sp³-hybridized carbons (Fsp3) is 0.125. The topological polar surface area (TPSA) is 33.5 Å². The zero-order chi connectivity index (χ0) is 15.9. The smallest absolute Gasteiger partial charge is 0.266 e. The fourth-order valence-electron chi connectivity index (χ4n) is 2.06. The maximum Gasteiger partial charge on any atom is 0.266 e. The van der Waals surface area contributed by atoms with Gasteiger partial charge in [-0.3, -0.25) is 9.69 Å². The number of carbonyl (C=O) groups excluding carboxylic acids is 1. The molecule has 22 heavy (non-hydrogen) atoms. The predicted molar refractivity (Wildman–Crippen MR) is 97.5 cm³/mol. The highest BCUT2D eigenvalue weighted by molar-refractivity contribution is 9.10. The van der Waals surface area contributed by atoms with Crippen molar-refractivity contribution in [1.29, 1.82) is 0 Å². The van der Waals surface area contributed by atoms with Gasteiger partial charge in [-0.25, -0.2) is 0 Å². The Morgan fingerprint density at radius 3 is 2.73 bits per heavy atom. The molecule has 112 valence electrons. The van der Waals surface area contributed by atoms with Gasteiger partial charge in [0, 0.05) is 23.2 Å². The average Bonchev–Trinajstić information content (AvgIpc) is 3.04. The van der Waals surface area contributed by atoms with Gasteiger partial charge in [0.15, 0.2) is 0 Å². The summed E-state index contributed by atoms with van der Waals surface area (Å²) in [6, 6.07) is 9.80. The van der Waals surface area contributed by atoms with Crippen molar-refractivity contribution < 1.29 is 9.21 Å². The Kier molecular flexibility index (Phi) is 4.25. The van der Waals surface area contributed by atoms with E-state index in [2.05, 4.69) is 22.0 Å². The molecule has 0 unspecified atom stereocenters. The van der Waals surface area contributed by atoms with Crippen molar-refractivity contribution in [2.75, 3.05) is 7.05 Å². The van der Waals surface area contributed by atoms with Gasteiger partial charge in [-0.05, 0) is 36.8 Å². The largest absolute Gasteiger partial charge is 0.457 e. The van der Waals surface area contributed by atoms with Crippen LogP contribution in [-0.4, -0.2) is 22.2 Å². The summed E-state index contributed by atoms with van der Waals surface area (Å²) in [6.45, 7) is 2.03. The highest BCUT2D eigenvalue weighted by atomic mass is 79.9. The quantitative estimate of drug-likeness (QED) is 0.539. The average molecular weight is 394 g/mol. The van der Waals surface area contributed by atoms with E-state index >= 15 is 0 Å². The van der Waals surface area contributed by atoms with Crippen LogP contribution in [0.15, 0.2) is 44.1 Å². The highest BCUT2D eigenvalue weighted by Gasteiger charge is 2.28. The number of amides is 1. The molecule has 0 saturated carbocycles. The maximum absolute atomic E-state index is 12.0. The van der Waals surface area contributed by atoms with Crippen molar-refractivity contribution in [3.05, 3.63) is 51.0 Å². The van der Waals surface area contributed by atoms with Gasteiger partial charge in [0.05, 0.1) is 4.91 Å². The summed E-state index contributed by atoms with van der Waals surface area (Å²) in [5, 5.41) is 0. The number of rotatable bonds is 2. The summed E-state index contributed by atoms with van der Waals surface area (Å²) < 4.78 is 7.45. The lowest BCUT2D eigenvalue weighted by Crippen LogP contribution is -2.22. The second-order valence-corrected chi connectivity index (χ2v) is 7.44. The molecular formula is C16H12BrNO2S2. The lowest BCUT2D eigenvalue weighted by Gasteiger charge is -2.03. The van der Waals surface area contributed by atoms with E-state index in [-0.39, 0.29) is 5.91 Å². The first-order valence-corrected chi connectivity index (χ1v) is 8.55. The monoisotopic (exact) mass is 393 g/mol. The van der Waals surface area contributed by atoms with Gasteiger partial charge in [0.1, 0.15) is 15.8 Å². The zero-order valence-electron chi connectivity index (χ0n) is 11.9. The van der Waals surface area contributed by atoms with Crippen LogP contribution in [0, 0.1) is 6.92 Å². The molecule has 1 aromatic carbocycles. The molecule has 0 radical (unpaired) electrons.